The second-order valence-corrected chi connectivity index (χ2v) is 8.20. The summed E-state index contributed by atoms with van der Waals surface area (Å²) in [5.41, 5.74) is 1.15. The molecule has 0 fully saturated rings. The zero-order valence-corrected chi connectivity index (χ0v) is 16.9. The molecular weight excluding hydrogens is 384 g/mol. The molecule has 0 bridgehead atoms. The van der Waals surface area contributed by atoms with Crippen LogP contribution in [0.15, 0.2) is 41.2 Å². The van der Waals surface area contributed by atoms with Crippen LogP contribution >= 0.6 is 0 Å². The summed E-state index contributed by atoms with van der Waals surface area (Å²) in [6.07, 6.45) is 1.02. The highest BCUT2D eigenvalue weighted by Gasteiger charge is 2.14. The van der Waals surface area contributed by atoms with E-state index in [0.717, 1.165) is 21.9 Å². The molecule has 2 rings (SSSR count). The van der Waals surface area contributed by atoms with Gasteiger partial charge in [-0.05, 0) is 37.3 Å². The van der Waals surface area contributed by atoms with Gasteiger partial charge >= 0.3 is 0 Å². The van der Waals surface area contributed by atoms with Gasteiger partial charge in [0.1, 0.15) is 5.75 Å². The van der Waals surface area contributed by atoms with Crippen LogP contribution < -0.4 is 15.6 Å². The van der Waals surface area contributed by atoms with E-state index < -0.39 is 15.9 Å². The first-order valence-corrected chi connectivity index (χ1v) is 10.5. The van der Waals surface area contributed by atoms with E-state index in [0.29, 0.717) is 12.3 Å². The van der Waals surface area contributed by atoms with Gasteiger partial charge in [0.15, 0.2) is 0 Å². The molecule has 1 aromatic carbocycles. The maximum absolute atomic E-state index is 12.0. The van der Waals surface area contributed by atoms with Crippen molar-refractivity contribution in [2.75, 3.05) is 33.0 Å². The Labute approximate surface area is 164 Å². The number of hydrogen-bond donors (Lipinski definition) is 1. The molecule has 28 heavy (non-hydrogen) atoms. The van der Waals surface area contributed by atoms with Crippen molar-refractivity contribution in [2.24, 2.45) is 0 Å². The number of carbonyl (C=O) groups excluding carboxylic acids is 1. The Hall–Kier alpha value is -2.72. The molecule has 10 heteroatoms. The van der Waals surface area contributed by atoms with Crippen LogP contribution in [0, 0.1) is 0 Å². The van der Waals surface area contributed by atoms with E-state index in [4.69, 9.17) is 4.74 Å². The topological polar surface area (TPSA) is 111 Å². The van der Waals surface area contributed by atoms with E-state index in [1.807, 2.05) is 31.2 Å². The maximum atomic E-state index is 12.0. The van der Waals surface area contributed by atoms with Gasteiger partial charge in [0.2, 0.25) is 15.9 Å². The molecule has 0 atom stereocenters. The molecule has 1 aromatic heterocycles. The fourth-order valence-electron chi connectivity index (χ4n) is 2.33. The van der Waals surface area contributed by atoms with Crippen LogP contribution in [-0.4, -0.2) is 61.4 Å². The number of benzene rings is 1. The zero-order valence-electron chi connectivity index (χ0n) is 16.1. The summed E-state index contributed by atoms with van der Waals surface area (Å²) in [7, 11) is -2.11. The van der Waals surface area contributed by atoms with Crippen LogP contribution in [0.1, 0.15) is 6.92 Å². The first-order chi connectivity index (χ1) is 13.2. The molecule has 0 unspecified atom stereocenters. The highest BCUT2D eigenvalue weighted by molar-refractivity contribution is 7.88. The van der Waals surface area contributed by atoms with Crippen molar-refractivity contribution in [2.45, 2.75) is 13.5 Å². The Bertz CT molecular complexity index is 970. The molecule has 9 nitrogen and oxygen atoms in total. The number of likely N-dealkylation sites (N-methyl/N-ethyl adjacent to an activating group) is 1. The number of nitrogens with one attached hydrogen (secondary N) is 1. The first-order valence-electron chi connectivity index (χ1n) is 8.70. The normalized spacial score (nSPS) is 11.4. The minimum Gasteiger partial charge on any atom is -0.494 e. The lowest BCUT2D eigenvalue weighted by atomic mass is 10.1. The van der Waals surface area contributed by atoms with Gasteiger partial charge in [-0.3, -0.25) is 9.59 Å². The largest absolute Gasteiger partial charge is 0.494 e. The van der Waals surface area contributed by atoms with Crippen molar-refractivity contribution >= 4 is 15.9 Å². The van der Waals surface area contributed by atoms with E-state index in [1.54, 1.807) is 6.07 Å². The summed E-state index contributed by atoms with van der Waals surface area (Å²) in [4.78, 5) is 23.8. The monoisotopic (exact) mass is 408 g/mol. The summed E-state index contributed by atoms with van der Waals surface area (Å²) in [6, 6.07) is 10.4. The number of carbonyl (C=O) groups is 1. The second-order valence-electron chi connectivity index (χ2n) is 6.11. The lowest BCUT2D eigenvalue weighted by Crippen LogP contribution is -2.39. The SMILES string of the molecule is CCOc1ccc(-c2ccc(=O)n(CCNC(=O)CN(C)S(C)(=O)=O)n2)cc1. The third-order valence-electron chi connectivity index (χ3n) is 3.91. The Morgan fingerprint density at radius 2 is 1.89 bits per heavy atom. The molecule has 0 aliphatic rings. The van der Waals surface area contributed by atoms with Gasteiger partial charge in [-0.15, -0.1) is 0 Å². The van der Waals surface area contributed by atoms with Crippen LogP contribution in [0.3, 0.4) is 0 Å². The fraction of sp³-hybridized carbons (Fsp3) is 0.389. The Morgan fingerprint density at radius 1 is 1.21 bits per heavy atom. The second kappa shape index (κ2) is 9.47. The third kappa shape index (κ3) is 6.17. The molecule has 1 N–H and O–H groups in total. The number of amides is 1. The van der Waals surface area contributed by atoms with E-state index in [9.17, 15) is 18.0 Å². The Morgan fingerprint density at radius 3 is 2.50 bits per heavy atom. The number of hydrogen-bond acceptors (Lipinski definition) is 6. The van der Waals surface area contributed by atoms with Gasteiger partial charge in [0, 0.05) is 25.2 Å². The number of ether oxygens (including phenoxy) is 1. The molecule has 0 saturated heterocycles. The summed E-state index contributed by atoms with van der Waals surface area (Å²) in [6.45, 7) is 2.51. The molecule has 2 aromatic rings. The van der Waals surface area contributed by atoms with Gasteiger partial charge in [0.25, 0.3) is 5.56 Å². The molecule has 1 heterocycles. The quantitative estimate of drug-likeness (QED) is 0.640. The zero-order chi connectivity index (χ0) is 20.7. The van der Waals surface area contributed by atoms with Crippen molar-refractivity contribution < 1.29 is 17.9 Å². The first kappa shape index (κ1) is 21.6. The molecule has 0 aliphatic heterocycles. The lowest BCUT2D eigenvalue weighted by Gasteiger charge is -2.14. The molecule has 0 spiro atoms. The Kier molecular flexibility index (Phi) is 7.30. The average molecular weight is 408 g/mol. The Balaban J connectivity index is 2.00. The van der Waals surface area contributed by atoms with Crippen LogP contribution in [-0.2, 0) is 21.4 Å². The van der Waals surface area contributed by atoms with Gasteiger partial charge in [-0.2, -0.15) is 9.40 Å². The van der Waals surface area contributed by atoms with E-state index >= 15 is 0 Å². The fourth-order valence-corrected chi connectivity index (χ4v) is 2.68. The van der Waals surface area contributed by atoms with Crippen molar-refractivity contribution in [3.8, 4) is 17.0 Å². The van der Waals surface area contributed by atoms with Crippen molar-refractivity contribution in [3.05, 3.63) is 46.8 Å². The average Bonchev–Trinajstić information content (AvgIpc) is 2.63. The number of aromatic nitrogens is 2. The predicted molar refractivity (Wildman–Crippen MR) is 106 cm³/mol. The predicted octanol–water partition coefficient (Wildman–Crippen LogP) is 0.317. The minimum absolute atomic E-state index is 0.149. The molecule has 152 valence electrons. The van der Waals surface area contributed by atoms with Crippen molar-refractivity contribution in [1.29, 1.82) is 0 Å². The molecular formula is C18H24N4O5S. The lowest BCUT2D eigenvalue weighted by molar-refractivity contribution is -0.121. The maximum Gasteiger partial charge on any atom is 0.266 e. The highest BCUT2D eigenvalue weighted by Crippen LogP contribution is 2.19. The van der Waals surface area contributed by atoms with Gasteiger partial charge in [-0.1, -0.05) is 0 Å². The number of sulfonamides is 1. The highest BCUT2D eigenvalue weighted by atomic mass is 32.2. The molecule has 1 amide bonds. The van der Waals surface area contributed by atoms with E-state index in [2.05, 4.69) is 10.4 Å². The van der Waals surface area contributed by atoms with Crippen LogP contribution in [0.4, 0.5) is 0 Å². The summed E-state index contributed by atoms with van der Waals surface area (Å²) < 4.78 is 30.2. The van der Waals surface area contributed by atoms with E-state index in [1.165, 1.54) is 17.8 Å². The molecule has 0 radical (unpaired) electrons. The standard InChI is InChI=1S/C18H24N4O5S/c1-4-27-15-7-5-14(6-8-15)16-9-10-18(24)22(20-16)12-11-19-17(23)13-21(2)28(3,25)26/h5-10H,4,11-13H2,1-3H3,(H,19,23). The summed E-state index contributed by atoms with van der Waals surface area (Å²) in [5.74, 6) is 0.296. The van der Waals surface area contributed by atoms with Crippen molar-refractivity contribution in [1.82, 2.24) is 19.4 Å². The number of nitrogens with zero attached hydrogens (tertiary/aromatic N) is 3. The third-order valence-corrected chi connectivity index (χ3v) is 5.17. The van der Waals surface area contributed by atoms with Crippen LogP contribution in [0.25, 0.3) is 11.3 Å². The van der Waals surface area contributed by atoms with Gasteiger partial charge < -0.3 is 10.1 Å². The van der Waals surface area contributed by atoms with Gasteiger partial charge in [-0.25, -0.2) is 13.1 Å². The summed E-state index contributed by atoms with van der Waals surface area (Å²) >= 11 is 0. The van der Waals surface area contributed by atoms with Gasteiger partial charge in [0.05, 0.1) is 31.6 Å². The minimum atomic E-state index is -3.43. The van der Waals surface area contributed by atoms with Crippen LogP contribution in [0.2, 0.25) is 0 Å². The molecule has 0 saturated carbocycles. The van der Waals surface area contributed by atoms with Crippen molar-refractivity contribution in [3.63, 3.8) is 0 Å². The number of rotatable bonds is 9. The van der Waals surface area contributed by atoms with E-state index in [-0.39, 0.29) is 25.2 Å². The summed E-state index contributed by atoms with van der Waals surface area (Å²) in [5, 5.41) is 6.90. The van der Waals surface area contributed by atoms with Crippen LogP contribution in [0.5, 0.6) is 5.75 Å². The molecule has 0 aliphatic carbocycles. The smallest absolute Gasteiger partial charge is 0.266 e.